The minimum absolute atomic E-state index is 0.285. The fraction of sp³-hybridized carbons (Fsp3) is 0.636. The highest BCUT2D eigenvalue weighted by Gasteiger charge is 2.28. The van der Waals surface area contributed by atoms with Gasteiger partial charge in [-0.15, -0.1) is 0 Å². The van der Waals surface area contributed by atoms with Crippen molar-refractivity contribution in [2.75, 3.05) is 12.3 Å². The number of fused-ring (bicyclic) bond motifs is 1. The van der Waals surface area contributed by atoms with Gasteiger partial charge in [0.2, 0.25) is 5.88 Å². The Kier molecular flexibility index (Phi) is 2.73. The van der Waals surface area contributed by atoms with E-state index >= 15 is 0 Å². The van der Waals surface area contributed by atoms with Crippen molar-refractivity contribution in [1.82, 2.24) is 10.1 Å². The quantitative estimate of drug-likeness (QED) is 0.742. The van der Waals surface area contributed by atoms with Gasteiger partial charge in [0, 0.05) is 13.0 Å². The maximum atomic E-state index is 11.9. The molecule has 2 N–H and O–H groups in total. The van der Waals surface area contributed by atoms with E-state index in [-0.39, 0.29) is 12.0 Å². The van der Waals surface area contributed by atoms with E-state index in [1.807, 2.05) is 20.8 Å². The third kappa shape index (κ3) is 2.51. The van der Waals surface area contributed by atoms with Gasteiger partial charge in [0.1, 0.15) is 5.60 Å². The van der Waals surface area contributed by atoms with Crippen LogP contribution in [0.15, 0.2) is 4.52 Å². The number of ether oxygens (including phenoxy) is 1. The second-order valence-electron chi connectivity index (χ2n) is 5.12. The summed E-state index contributed by atoms with van der Waals surface area (Å²) in [5.74, 6) is 0.285. The molecule has 1 amide bonds. The summed E-state index contributed by atoms with van der Waals surface area (Å²) in [4.78, 5) is 13.5. The molecule has 1 aromatic heterocycles. The molecule has 0 spiro atoms. The monoisotopic (exact) mass is 239 g/mol. The van der Waals surface area contributed by atoms with Gasteiger partial charge >= 0.3 is 6.09 Å². The standard InChI is InChI=1S/C11H17N3O3/c1-11(2,3)16-10(15)14-5-4-8-7(6-14)9(12)17-13-8/h4-6,12H2,1-3H3. The smallest absolute Gasteiger partial charge is 0.410 e. The summed E-state index contributed by atoms with van der Waals surface area (Å²) in [6.07, 6.45) is 0.318. The first-order valence-corrected chi connectivity index (χ1v) is 5.57. The molecule has 0 radical (unpaired) electrons. The van der Waals surface area contributed by atoms with Crippen molar-refractivity contribution in [1.29, 1.82) is 0 Å². The zero-order valence-corrected chi connectivity index (χ0v) is 10.3. The molecule has 0 atom stereocenters. The number of rotatable bonds is 0. The van der Waals surface area contributed by atoms with Crippen molar-refractivity contribution in [3.8, 4) is 0 Å². The van der Waals surface area contributed by atoms with E-state index < -0.39 is 5.60 Å². The van der Waals surface area contributed by atoms with Crippen LogP contribution in [0.25, 0.3) is 0 Å². The van der Waals surface area contributed by atoms with Crippen molar-refractivity contribution in [3.63, 3.8) is 0 Å². The van der Waals surface area contributed by atoms with Gasteiger partial charge in [-0.2, -0.15) is 0 Å². The Balaban J connectivity index is 2.07. The van der Waals surface area contributed by atoms with E-state index in [1.54, 1.807) is 4.90 Å². The Morgan fingerprint density at radius 1 is 1.53 bits per heavy atom. The van der Waals surface area contributed by atoms with Crippen molar-refractivity contribution in [3.05, 3.63) is 11.3 Å². The van der Waals surface area contributed by atoms with Crippen LogP contribution in [0.2, 0.25) is 0 Å². The number of nitrogen functional groups attached to an aromatic ring is 1. The van der Waals surface area contributed by atoms with Gasteiger partial charge in [-0.3, -0.25) is 0 Å². The predicted octanol–water partition coefficient (Wildman–Crippen LogP) is 1.55. The Morgan fingerprint density at radius 3 is 2.88 bits per heavy atom. The molecule has 94 valence electrons. The number of nitrogens with two attached hydrogens (primary N) is 1. The molecule has 0 unspecified atom stereocenters. The number of carbonyl (C=O) groups excluding carboxylic acids is 1. The van der Waals surface area contributed by atoms with Crippen molar-refractivity contribution in [2.45, 2.75) is 39.3 Å². The number of amides is 1. The fourth-order valence-electron chi connectivity index (χ4n) is 1.72. The van der Waals surface area contributed by atoms with E-state index in [0.29, 0.717) is 19.5 Å². The van der Waals surface area contributed by atoms with Gasteiger partial charge in [-0.1, -0.05) is 5.16 Å². The minimum atomic E-state index is -0.489. The van der Waals surface area contributed by atoms with Crippen molar-refractivity contribution < 1.29 is 14.1 Å². The van der Waals surface area contributed by atoms with Gasteiger partial charge in [0.25, 0.3) is 0 Å². The maximum absolute atomic E-state index is 11.9. The highest BCUT2D eigenvalue weighted by molar-refractivity contribution is 5.69. The molecule has 6 nitrogen and oxygen atoms in total. The normalized spacial score (nSPS) is 15.6. The number of nitrogens with zero attached hydrogens (tertiary/aromatic N) is 2. The number of aromatic nitrogens is 1. The lowest BCUT2D eigenvalue weighted by molar-refractivity contribution is 0.0224. The lowest BCUT2D eigenvalue weighted by Crippen LogP contribution is -2.39. The summed E-state index contributed by atoms with van der Waals surface area (Å²) in [5, 5.41) is 3.85. The minimum Gasteiger partial charge on any atom is -0.444 e. The summed E-state index contributed by atoms with van der Waals surface area (Å²) >= 11 is 0. The van der Waals surface area contributed by atoms with Crippen LogP contribution in [0.3, 0.4) is 0 Å². The average molecular weight is 239 g/mol. The summed E-state index contributed by atoms with van der Waals surface area (Å²) in [5.41, 5.74) is 6.78. The Bertz CT molecular complexity index is 434. The van der Waals surface area contributed by atoms with Gasteiger partial charge < -0.3 is 19.9 Å². The molecule has 17 heavy (non-hydrogen) atoms. The van der Waals surface area contributed by atoms with Crippen LogP contribution in [-0.2, 0) is 17.7 Å². The topological polar surface area (TPSA) is 81.6 Å². The average Bonchev–Trinajstić information content (AvgIpc) is 2.57. The largest absolute Gasteiger partial charge is 0.444 e. The number of carbonyl (C=O) groups is 1. The molecule has 0 fully saturated rings. The molecule has 0 saturated carbocycles. The zero-order valence-electron chi connectivity index (χ0n) is 10.3. The van der Waals surface area contributed by atoms with Crippen LogP contribution in [0.1, 0.15) is 32.0 Å². The van der Waals surface area contributed by atoms with E-state index in [2.05, 4.69) is 5.16 Å². The lowest BCUT2D eigenvalue weighted by atomic mass is 10.1. The molecule has 0 bridgehead atoms. The lowest BCUT2D eigenvalue weighted by Gasteiger charge is -2.29. The van der Waals surface area contributed by atoms with Gasteiger partial charge in [0.15, 0.2) is 0 Å². The molecule has 1 aliphatic heterocycles. The fourth-order valence-corrected chi connectivity index (χ4v) is 1.72. The van der Waals surface area contributed by atoms with Crippen LogP contribution in [0, 0.1) is 0 Å². The third-order valence-electron chi connectivity index (χ3n) is 2.52. The molecule has 1 aliphatic rings. The first kappa shape index (κ1) is 11.8. The second-order valence-corrected chi connectivity index (χ2v) is 5.12. The van der Waals surface area contributed by atoms with Crippen molar-refractivity contribution in [2.24, 2.45) is 0 Å². The van der Waals surface area contributed by atoms with Gasteiger partial charge in [-0.05, 0) is 20.8 Å². The van der Waals surface area contributed by atoms with E-state index in [0.717, 1.165) is 11.3 Å². The molecule has 2 heterocycles. The first-order chi connectivity index (χ1) is 7.87. The van der Waals surface area contributed by atoms with Crippen LogP contribution in [0.5, 0.6) is 0 Å². The van der Waals surface area contributed by atoms with Gasteiger partial charge in [-0.25, -0.2) is 4.79 Å². The highest BCUT2D eigenvalue weighted by atomic mass is 16.6. The second kappa shape index (κ2) is 3.94. The molecule has 1 aromatic rings. The Morgan fingerprint density at radius 2 is 2.24 bits per heavy atom. The molecule has 0 aromatic carbocycles. The summed E-state index contributed by atoms with van der Waals surface area (Å²) in [7, 11) is 0. The summed E-state index contributed by atoms with van der Waals surface area (Å²) < 4.78 is 10.2. The van der Waals surface area contributed by atoms with Crippen LogP contribution >= 0.6 is 0 Å². The number of hydrogen-bond acceptors (Lipinski definition) is 5. The summed E-state index contributed by atoms with van der Waals surface area (Å²) in [6, 6.07) is 0. The van der Waals surface area contributed by atoms with Crippen molar-refractivity contribution >= 4 is 12.0 Å². The maximum Gasteiger partial charge on any atom is 0.410 e. The number of hydrogen-bond donors (Lipinski definition) is 1. The molecule has 2 rings (SSSR count). The van der Waals surface area contributed by atoms with E-state index in [1.165, 1.54) is 0 Å². The van der Waals surface area contributed by atoms with Gasteiger partial charge in [0.05, 0.1) is 17.8 Å². The molecule has 0 aliphatic carbocycles. The van der Waals surface area contributed by atoms with Crippen LogP contribution in [0.4, 0.5) is 10.7 Å². The van der Waals surface area contributed by atoms with E-state index in [9.17, 15) is 4.79 Å². The Hall–Kier alpha value is -1.72. The molecular weight excluding hydrogens is 222 g/mol. The summed E-state index contributed by atoms with van der Waals surface area (Å²) in [6.45, 7) is 6.50. The number of anilines is 1. The SMILES string of the molecule is CC(C)(C)OC(=O)N1CCc2noc(N)c2C1. The molecule has 6 heteroatoms. The third-order valence-corrected chi connectivity index (χ3v) is 2.52. The van der Waals surface area contributed by atoms with E-state index in [4.69, 9.17) is 15.0 Å². The molecule has 0 saturated heterocycles. The first-order valence-electron chi connectivity index (χ1n) is 5.57. The highest BCUT2D eigenvalue weighted by Crippen LogP contribution is 2.24. The predicted molar refractivity (Wildman–Crippen MR) is 61.3 cm³/mol. The Labute approximate surface area is 99.7 Å². The van der Waals surface area contributed by atoms with Crippen LogP contribution < -0.4 is 5.73 Å². The molecular formula is C11H17N3O3. The zero-order chi connectivity index (χ0) is 12.6. The van der Waals surface area contributed by atoms with Crippen LogP contribution in [-0.4, -0.2) is 28.3 Å².